The normalized spacial score (nSPS) is 12.2. The fourth-order valence-electron chi connectivity index (χ4n) is 1.43. The Morgan fingerprint density at radius 1 is 1.50 bits per heavy atom. The molecule has 0 aliphatic rings. The van der Waals surface area contributed by atoms with Crippen LogP contribution in [0.15, 0.2) is 24.3 Å². The van der Waals surface area contributed by atoms with Gasteiger partial charge in [-0.15, -0.1) is 0 Å². The SMILES string of the molecule is CCC(C)c1ccccc1C(=O)NN. The monoisotopic (exact) mass is 192 g/mol. The molecule has 3 N–H and O–H groups in total. The maximum absolute atomic E-state index is 11.4. The molecule has 76 valence electrons. The van der Waals surface area contributed by atoms with Crippen LogP contribution in [0.5, 0.6) is 0 Å². The second kappa shape index (κ2) is 4.77. The van der Waals surface area contributed by atoms with Crippen molar-refractivity contribution in [3.8, 4) is 0 Å². The molecule has 0 bridgehead atoms. The van der Waals surface area contributed by atoms with Crippen LogP contribution in [0, 0.1) is 0 Å². The van der Waals surface area contributed by atoms with Crippen LogP contribution < -0.4 is 11.3 Å². The molecule has 3 heteroatoms. The van der Waals surface area contributed by atoms with Crippen LogP contribution in [0.2, 0.25) is 0 Å². The summed E-state index contributed by atoms with van der Waals surface area (Å²) in [6.45, 7) is 4.20. The second-order valence-electron chi connectivity index (χ2n) is 3.37. The number of nitrogens with one attached hydrogen (secondary N) is 1. The van der Waals surface area contributed by atoms with Gasteiger partial charge in [0.2, 0.25) is 0 Å². The van der Waals surface area contributed by atoms with Crippen molar-refractivity contribution in [1.82, 2.24) is 5.43 Å². The maximum atomic E-state index is 11.4. The molecule has 0 aromatic heterocycles. The molecule has 1 atom stereocenters. The van der Waals surface area contributed by atoms with E-state index in [1.807, 2.05) is 18.2 Å². The van der Waals surface area contributed by atoms with E-state index in [-0.39, 0.29) is 5.91 Å². The van der Waals surface area contributed by atoms with E-state index >= 15 is 0 Å². The molecule has 0 heterocycles. The van der Waals surface area contributed by atoms with Gasteiger partial charge in [-0.3, -0.25) is 10.2 Å². The number of rotatable bonds is 3. The summed E-state index contributed by atoms with van der Waals surface area (Å²) in [6, 6.07) is 7.55. The van der Waals surface area contributed by atoms with E-state index in [0.29, 0.717) is 11.5 Å². The van der Waals surface area contributed by atoms with Crippen molar-refractivity contribution in [3.05, 3.63) is 35.4 Å². The summed E-state index contributed by atoms with van der Waals surface area (Å²) in [4.78, 5) is 11.4. The van der Waals surface area contributed by atoms with Crippen molar-refractivity contribution in [3.63, 3.8) is 0 Å². The molecule has 0 saturated heterocycles. The van der Waals surface area contributed by atoms with Gasteiger partial charge in [-0.05, 0) is 24.0 Å². The van der Waals surface area contributed by atoms with E-state index < -0.39 is 0 Å². The average molecular weight is 192 g/mol. The van der Waals surface area contributed by atoms with Gasteiger partial charge in [-0.1, -0.05) is 32.0 Å². The van der Waals surface area contributed by atoms with Gasteiger partial charge in [0.1, 0.15) is 0 Å². The van der Waals surface area contributed by atoms with Gasteiger partial charge in [0.05, 0.1) is 0 Å². The molecule has 1 rings (SSSR count). The molecule has 0 aliphatic heterocycles. The number of carbonyl (C=O) groups excluding carboxylic acids is 1. The Bertz CT molecular complexity index is 323. The number of nitrogens with two attached hydrogens (primary N) is 1. The number of carbonyl (C=O) groups is 1. The Balaban J connectivity index is 3.09. The fourth-order valence-corrected chi connectivity index (χ4v) is 1.43. The second-order valence-corrected chi connectivity index (χ2v) is 3.37. The lowest BCUT2D eigenvalue weighted by Gasteiger charge is -2.13. The Kier molecular flexibility index (Phi) is 3.65. The van der Waals surface area contributed by atoms with Crippen LogP contribution in [0.3, 0.4) is 0 Å². The number of nitrogen functional groups attached to an aromatic ring is 1. The van der Waals surface area contributed by atoms with Crippen LogP contribution >= 0.6 is 0 Å². The lowest BCUT2D eigenvalue weighted by Crippen LogP contribution is -2.31. The molecule has 1 aromatic carbocycles. The van der Waals surface area contributed by atoms with Gasteiger partial charge >= 0.3 is 0 Å². The third kappa shape index (κ3) is 2.12. The lowest BCUT2D eigenvalue weighted by molar-refractivity contribution is 0.0952. The largest absolute Gasteiger partial charge is 0.290 e. The van der Waals surface area contributed by atoms with Gasteiger partial charge in [0.15, 0.2) is 0 Å². The number of hydrogen-bond donors (Lipinski definition) is 2. The van der Waals surface area contributed by atoms with E-state index in [1.165, 1.54) is 0 Å². The number of benzene rings is 1. The Morgan fingerprint density at radius 3 is 2.71 bits per heavy atom. The van der Waals surface area contributed by atoms with E-state index in [0.717, 1.165) is 12.0 Å². The summed E-state index contributed by atoms with van der Waals surface area (Å²) in [6.07, 6.45) is 1.01. The average Bonchev–Trinajstić information content (AvgIpc) is 2.27. The molecule has 1 unspecified atom stereocenters. The first kappa shape index (κ1) is 10.7. The van der Waals surface area contributed by atoms with Crippen molar-refractivity contribution < 1.29 is 4.79 Å². The molecule has 0 fully saturated rings. The fraction of sp³-hybridized carbons (Fsp3) is 0.364. The predicted octanol–water partition coefficient (Wildman–Crippen LogP) is 1.80. The minimum Gasteiger partial charge on any atom is -0.290 e. The van der Waals surface area contributed by atoms with E-state index in [4.69, 9.17) is 5.84 Å². The molecule has 0 radical (unpaired) electrons. The standard InChI is InChI=1S/C11H16N2O/c1-3-8(2)9-6-4-5-7-10(9)11(14)13-12/h4-8H,3,12H2,1-2H3,(H,13,14). The molecule has 1 aromatic rings. The summed E-state index contributed by atoms with van der Waals surface area (Å²) in [5.41, 5.74) is 3.89. The smallest absolute Gasteiger partial charge is 0.265 e. The van der Waals surface area contributed by atoms with Gasteiger partial charge in [-0.25, -0.2) is 5.84 Å². The van der Waals surface area contributed by atoms with Crippen molar-refractivity contribution in [2.24, 2.45) is 5.84 Å². The quantitative estimate of drug-likeness (QED) is 0.436. The first-order valence-electron chi connectivity index (χ1n) is 4.80. The van der Waals surface area contributed by atoms with Crippen LogP contribution in [0.4, 0.5) is 0 Å². The van der Waals surface area contributed by atoms with Crippen molar-refractivity contribution in [1.29, 1.82) is 0 Å². The summed E-state index contributed by atoms with van der Waals surface area (Å²) in [7, 11) is 0. The summed E-state index contributed by atoms with van der Waals surface area (Å²) in [5, 5.41) is 0. The Labute approximate surface area is 84.3 Å². The maximum Gasteiger partial charge on any atom is 0.265 e. The summed E-state index contributed by atoms with van der Waals surface area (Å²) < 4.78 is 0. The van der Waals surface area contributed by atoms with Gasteiger partial charge < -0.3 is 0 Å². The molecule has 0 spiro atoms. The van der Waals surface area contributed by atoms with Gasteiger partial charge in [0.25, 0.3) is 5.91 Å². The number of hydrazine groups is 1. The predicted molar refractivity (Wildman–Crippen MR) is 56.8 cm³/mol. The highest BCUT2D eigenvalue weighted by molar-refractivity contribution is 5.95. The van der Waals surface area contributed by atoms with E-state index in [1.54, 1.807) is 6.07 Å². The Morgan fingerprint density at radius 2 is 2.14 bits per heavy atom. The minimum atomic E-state index is -0.221. The van der Waals surface area contributed by atoms with Crippen LogP contribution in [0.1, 0.15) is 42.1 Å². The molecule has 0 aliphatic carbocycles. The zero-order valence-corrected chi connectivity index (χ0v) is 8.58. The minimum absolute atomic E-state index is 0.221. The molecule has 0 saturated carbocycles. The Hall–Kier alpha value is -1.35. The van der Waals surface area contributed by atoms with Crippen molar-refractivity contribution >= 4 is 5.91 Å². The molecular weight excluding hydrogens is 176 g/mol. The first-order chi connectivity index (χ1) is 6.70. The highest BCUT2D eigenvalue weighted by Crippen LogP contribution is 2.22. The van der Waals surface area contributed by atoms with Crippen molar-refractivity contribution in [2.75, 3.05) is 0 Å². The zero-order chi connectivity index (χ0) is 10.6. The van der Waals surface area contributed by atoms with Crippen LogP contribution in [-0.4, -0.2) is 5.91 Å². The van der Waals surface area contributed by atoms with Crippen LogP contribution in [-0.2, 0) is 0 Å². The first-order valence-corrected chi connectivity index (χ1v) is 4.80. The summed E-state index contributed by atoms with van der Waals surface area (Å²) >= 11 is 0. The van der Waals surface area contributed by atoms with E-state index in [9.17, 15) is 4.79 Å². The zero-order valence-electron chi connectivity index (χ0n) is 8.58. The molecule has 14 heavy (non-hydrogen) atoms. The topological polar surface area (TPSA) is 55.1 Å². The number of amides is 1. The highest BCUT2D eigenvalue weighted by Gasteiger charge is 2.12. The third-order valence-electron chi connectivity index (χ3n) is 2.48. The summed E-state index contributed by atoms with van der Waals surface area (Å²) in [5.74, 6) is 5.27. The highest BCUT2D eigenvalue weighted by atomic mass is 16.2. The number of hydrogen-bond acceptors (Lipinski definition) is 2. The third-order valence-corrected chi connectivity index (χ3v) is 2.48. The van der Waals surface area contributed by atoms with Crippen LogP contribution in [0.25, 0.3) is 0 Å². The molecule has 3 nitrogen and oxygen atoms in total. The van der Waals surface area contributed by atoms with Crippen molar-refractivity contribution in [2.45, 2.75) is 26.2 Å². The molecular formula is C11H16N2O. The van der Waals surface area contributed by atoms with Gasteiger partial charge in [0, 0.05) is 5.56 Å². The van der Waals surface area contributed by atoms with E-state index in [2.05, 4.69) is 19.3 Å². The van der Waals surface area contributed by atoms with Gasteiger partial charge in [-0.2, -0.15) is 0 Å². The lowest BCUT2D eigenvalue weighted by atomic mass is 9.93. The molecule has 1 amide bonds.